The van der Waals surface area contributed by atoms with Gasteiger partial charge < -0.3 is 14.6 Å². The first-order valence-corrected chi connectivity index (χ1v) is 10.4. The summed E-state index contributed by atoms with van der Waals surface area (Å²) in [6.07, 6.45) is 4.20. The van der Waals surface area contributed by atoms with Gasteiger partial charge in [-0.25, -0.2) is 4.79 Å². The largest absolute Gasteiger partial charge is 0.497 e. The summed E-state index contributed by atoms with van der Waals surface area (Å²) >= 11 is 1.26. The number of aromatic nitrogens is 3. The average Bonchev–Trinajstić information content (AvgIpc) is 3.35. The number of methoxy groups -OCH3 is 1. The van der Waals surface area contributed by atoms with Gasteiger partial charge in [-0.1, -0.05) is 24.6 Å². The van der Waals surface area contributed by atoms with Crippen LogP contribution in [0.15, 0.2) is 29.4 Å². The molecule has 0 aliphatic heterocycles. The molecule has 1 aromatic heterocycles. The fourth-order valence-electron chi connectivity index (χ4n) is 3.22. The highest BCUT2D eigenvalue weighted by Gasteiger charge is 2.19. The van der Waals surface area contributed by atoms with Crippen LogP contribution in [0.5, 0.6) is 5.75 Å². The van der Waals surface area contributed by atoms with Gasteiger partial charge in [0.2, 0.25) is 5.91 Å². The SMILES string of the molecule is CCn1c(SCC(=O)NC(=O)NC2CCCC2)nnc1-c1ccc(OC)cc1. The maximum absolute atomic E-state index is 12.1. The maximum Gasteiger partial charge on any atom is 0.321 e. The predicted octanol–water partition coefficient (Wildman–Crippen LogP) is 2.83. The third-order valence-electron chi connectivity index (χ3n) is 4.66. The van der Waals surface area contributed by atoms with Crippen molar-refractivity contribution < 1.29 is 14.3 Å². The second-order valence-corrected chi connectivity index (χ2v) is 7.51. The van der Waals surface area contributed by atoms with Crippen molar-refractivity contribution in [3.63, 3.8) is 0 Å². The van der Waals surface area contributed by atoms with Gasteiger partial charge in [0, 0.05) is 18.2 Å². The molecule has 0 saturated heterocycles. The summed E-state index contributed by atoms with van der Waals surface area (Å²) in [6, 6.07) is 7.33. The summed E-state index contributed by atoms with van der Waals surface area (Å²) in [4.78, 5) is 24.0. The Labute approximate surface area is 168 Å². The van der Waals surface area contributed by atoms with Gasteiger partial charge in [-0.2, -0.15) is 0 Å². The number of benzene rings is 1. The Morgan fingerprint density at radius 1 is 1.21 bits per heavy atom. The number of hydrogen-bond donors (Lipinski definition) is 2. The Kier molecular flexibility index (Phi) is 6.91. The van der Waals surface area contributed by atoms with Crippen molar-refractivity contribution in [2.45, 2.75) is 50.4 Å². The Morgan fingerprint density at radius 3 is 2.57 bits per heavy atom. The van der Waals surface area contributed by atoms with Gasteiger partial charge in [-0.05, 0) is 44.0 Å². The van der Waals surface area contributed by atoms with Gasteiger partial charge in [-0.3, -0.25) is 10.1 Å². The van der Waals surface area contributed by atoms with E-state index in [4.69, 9.17) is 4.74 Å². The zero-order valence-electron chi connectivity index (χ0n) is 16.1. The standard InChI is InChI=1S/C19H25N5O3S/c1-3-24-17(13-8-10-15(27-2)11-9-13)22-23-19(24)28-12-16(25)21-18(26)20-14-6-4-5-7-14/h8-11,14H,3-7,12H2,1-2H3,(H2,20,21,25,26). The lowest BCUT2D eigenvalue weighted by molar-refractivity contribution is -0.117. The lowest BCUT2D eigenvalue weighted by atomic mass is 10.2. The Balaban J connectivity index is 1.57. The number of hydrogen-bond acceptors (Lipinski definition) is 6. The zero-order valence-corrected chi connectivity index (χ0v) is 16.9. The normalized spacial score (nSPS) is 14.1. The van der Waals surface area contributed by atoms with Crippen molar-refractivity contribution >= 4 is 23.7 Å². The molecular weight excluding hydrogens is 378 g/mol. The summed E-state index contributed by atoms with van der Waals surface area (Å²) in [5.41, 5.74) is 0.919. The molecule has 1 fully saturated rings. The minimum absolute atomic E-state index is 0.0961. The van der Waals surface area contributed by atoms with E-state index in [9.17, 15) is 9.59 Å². The van der Waals surface area contributed by atoms with Crippen LogP contribution in [0.25, 0.3) is 11.4 Å². The Bertz CT molecular complexity index is 815. The van der Waals surface area contributed by atoms with Crippen LogP contribution < -0.4 is 15.4 Å². The van der Waals surface area contributed by atoms with Crippen molar-refractivity contribution in [1.29, 1.82) is 0 Å². The summed E-state index contributed by atoms with van der Waals surface area (Å²) < 4.78 is 7.12. The fraction of sp³-hybridized carbons (Fsp3) is 0.474. The molecule has 0 spiro atoms. The van der Waals surface area contributed by atoms with E-state index in [1.807, 2.05) is 35.8 Å². The first-order valence-electron chi connectivity index (χ1n) is 9.41. The molecule has 0 unspecified atom stereocenters. The van der Waals surface area contributed by atoms with Gasteiger partial charge >= 0.3 is 6.03 Å². The number of imide groups is 1. The molecular formula is C19H25N5O3S. The van der Waals surface area contributed by atoms with E-state index in [1.54, 1.807) is 7.11 Å². The second kappa shape index (κ2) is 9.59. The number of amides is 3. The number of nitrogens with one attached hydrogen (secondary N) is 2. The van der Waals surface area contributed by atoms with E-state index < -0.39 is 6.03 Å². The van der Waals surface area contributed by atoms with E-state index in [1.165, 1.54) is 11.8 Å². The highest BCUT2D eigenvalue weighted by molar-refractivity contribution is 7.99. The van der Waals surface area contributed by atoms with Crippen LogP contribution >= 0.6 is 11.8 Å². The molecule has 2 N–H and O–H groups in total. The summed E-state index contributed by atoms with van der Waals surface area (Å²) in [5, 5.41) is 14.3. The highest BCUT2D eigenvalue weighted by atomic mass is 32.2. The lowest BCUT2D eigenvalue weighted by Crippen LogP contribution is -2.44. The van der Waals surface area contributed by atoms with Crippen molar-refractivity contribution in [3.05, 3.63) is 24.3 Å². The number of urea groups is 1. The molecule has 1 heterocycles. The molecule has 1 aromatic carbocycles. The number of thioether (sulfide) groups is 1. The van der Waals surface area contributed by atoms with Crippen molar-refractivity contribution in [3.8, 4) is 17.1 Å². The van der Waals surface area contributed by atoms with Gasteiger partial charge in [-0.15, -0.1) is 10.2 Å². The van der Waals surface area contributed by atoms with Crippen molar-refractivity contribution in [2.75, 3.05) is 12.9 Å². The topological polar surface area (TPSA) is 98.1 Å². The van der Waals surface area contributed by atoms with Gasteiger partial charge in [0.1, 0.15) is 5.75 Å². The molecule has 2 aromatic rings. The van der Waals surface area contributed by atoms with Crippen molar-refractivity contribution in [1.82, 2.24) is 25.4 Å². The Hall–Kier alpha value is -2.55. The van der Waals surface area contributed by atoms with Gasteiger partial charge in [0.05, 0.1) is 12.9 Å². The molecule has 1 saturated carbocycles. The first kappa shape index (κ1) is 20.2. The maximum atomic E-state index is 12.1. The molecule has 0 atom stereocenters. The molecule has 1 aliphatic rings. The molecule has 3 rings (SSSR count). The van der Waals surface area contributed by atoms with Crippen LogP contribution in [0.3, 0.4) is 0 Å². The molecule has 1 aliphatic carbocycles. The number of ether oxygens (including phenoxy) is 1. The van der Waals surface area contributed by atoms with E-state index in [0.29, 0.717) is 11.7 Å². The van der Waals surface area contributed by atoms with E-state index in [-0.39, 0.29) is 17.7 Å². The molecule has 9 heteroatoms. The smallest absolute Gasteiger partial charge is 0.321 e. The summed E-state index contributed by atoms with van der Waals surface area (Å²) in [5.74, 6) is 1.25. The number of rotatable bonds is 7. The molecule has 0 bridgehead atoms. The lowest BCUT2D eigenvalue weighted by Gasteiger charge is -2.12. The molecule has 3 amide bonds. The first-order chi connectivity index (χ1) is 13.6. The summed E-state index contributed by atoms with van der Waals surface area (Å²) in [6.45, 7) is 2.66. The number of carbonyl (C=O) groups excluding carboxylic acids is 2. The third-order valence-corrected chi connectivity index (χ3v) is 5.62. The number of nitrogens with zero attached hydrogens (tertiary/aromatic N) is 3. The van der Waals surface area contributed by atoms with E-state index in [0.717, 1.165) is 42.8 Å². The van der Waals surface area contributed by atoms with Crippen LogP contribution in [0.4, 0.5) is 4.79 Å². The molecule has 0 radical (unpaired) electrons. The zero-order chi connectivity index (χ0) is 19.9. The molecule has 150 valence electrons. The third kappa shape index (κ3) is 5.03. The van der Waals surface area contributed by atoms with Crippen LogP contribution in [-0.2, 0) is 11.3 Å². The van der Waals surface area contributed by atoms with Crippen LogP contribution in [-0.4, -0.2) is 45.6 Å². The van der Waals surface area contributed by atoms with E-state index in [2.05, 4.69) is 20.8 Å². The Morgan fingerprint density at radius 2 is 1.93 bits per heavy atom. The fourth-order valence-corrected chi connectivity index (χ4v) is 4.02. The minimum Gasteiger partial charge on any atom is -0.497 e. The number of carbonyl (C=O) groups is 2. The second-order valence-electron chi connectivity index (χ2n) is 6.57. The summed E-state index contributed by atoms with van der Waals surface area (Å²) in [7, 11) is 1.62. The molecule has 8 nitrogen and oxygen atoms in total. The van der Waals surface area contributed by atoms with Crippen LogP contribution in [0.1, 0.15) is 32.6 Å². The van der Waals surface area contributed by atoms with Crippen molar-refractivity contribution in [2.24, 2.45) is 0 Å². The van der Waals surface area contributed by atoms with Crippen LogP contribution in [0, 0.1) is 0 Å². The molecule has 28 heavy (non-hydrogen) atoms. The van der Waals surface area contributed by atoms with E-state index >= 15 is 0 Å². The van der Waals surface area contributed by atoms with Gasteiger partial charge in [0.25, 0.3) is 0 Å². The van der Waals surface area contributed by atoms with Gasteiger partial charge in [0.15, 0.2) is 11.0 Å². The highest BCUT2D eigenvalue weighted by Crippen LogP contribution is 2.25. The quantitative estimate of drug-likeness (QED) is 0.690. The predicted molar refractivity (Wildman–Crippen MR) is 107 cm³/mol. The monoisotopic (exact) mass is 403 g/mol. The average molecular weight is 404 g/mol. The van der Waals surface area contributed by atoms with Crippen LogP contribution in [0.2, 0.25) is 0 Å². The minimum atomic E-state index is -0.423.